The minimum atomic E-state index is -1.78. The van der Waals surface area contributed by atoms with Gasteiger partial charge in [-0.15, -0.1) is 0 Å². The van der Waals surface area contributed by atoms with E-state index in [-0.39, 0.29) is 13.0 Å². The highest BCUT2D eigenvalue weighted by Crippen LogP contribution is 2.07. The van der Waals surface area contributed by atoms with Crippen molar-refractivity contribution in [2.45, 2.75) is 18.9 Å². The Labute approximate surface area is 52.7 Å². The molecule has 0 aromatic carbocycles. The molecule has 0 fully saturated rings. The van der Waals surface area contributed by atoms with Gasteiger partial charge in [0.25, 0.3) is 0 Å². The molecule has 4 heteroatoms. The van der Waals surface area contributed by atoms with Crippen molar-refractivity contribution in [1.29, 1.82) is 0 Å². The summed E-state index contributed by atoms with van der Waals surface area (Å²) in [5, 5.41) is 25.3. The van der Waals surface area contributed by atoms with Gasteiger partial charge < -0.3 is 15.3 Å². The van der Waals surface area contributed by atoms with Crippen LogP contribution in [0, 0.1) is 0 Å². The third-order valence-electron chi connectivity index (χ3n) is 1.06. The monoisotopic (exact) mass is 134 g/mol. The van der Waals surface area contributed by atoms with Gasteiger partial charge in [-0.25, -0.2) is 4.79 Å². The molecule has 0 amide bonds. The molecule has 0 saturated carbocycles. The van der Waals surface area contributed by atoms with Crippen molar-refractivity contribution in [3.63, 3.8) is 0 Å². The van der Waals surface area contributed by atoms with Crippen LogP contribution in [-0.4, -0.2) is 33.5 Å². The molecule has 54 valence electrons. The summed E-state index contributed by atoms with van der Waals surface area (Å²) in [6.07, 6.45) is -0.137. The lowest BCUT2D eigenvalue weighted by Gasteiger charge is -2.14. The van der Waals surface area contributed by atoms with E-state index in [1.807, 2.05) is 0 Å². The molecule has 3 N–H and O–H groups in total. The van der Waals surface area contributed by atoms with Crippen LogP contribution in [0.1, 0.15) is 13.3 Å². The summed E-state index contributed by atoms with van der Waals surface area (Å²) in [5.74, 6) is -1.31. The van der Waals surface area contributed by atoms with Crippen molar-refractivity contribution in [3.05, 3.63) is 0 Å². The lowest BCUT2D eigenvalue weighted by Crippen LogP contribution is -2.35. The van der Waals surface area contributed by atoms with Crippen LogP contribution in [0.4, 0.5) is 0 Å². The molecule has 0 aliphatic rings. The van der Waals surface area contributed by atoms with Crippen molar-refractivity contribution >= 4 is 5.97 Å². The number of hydrogen-bond acceptors (Lipinski definition) is 3. The predicted molar refractivity (Wildman–Crippen MR) is 30.0 cm³/mol. The van der Waals surface area contributed by atoms with E-state index in [0.717, 1.165) is 6.92 Å². The van der Waals surface area contributed by atoms with E-state index < -0.39 is 11.6 Å². The third kappa shape index (κ3) is 2.43. The van der Waals surface area contributed by atoms with Gasteiger partial charge in [0.15, 0.2) is 5.60 Å². The number of carboxylic acid groups (broad SMARTS) is 1. The Morgan fingerprint density at radius 3 is 2.22 bits per heavy atom. The maximum Gasteiger partial charge on any atom is 0.335 e. The number of aliphatic carboxylic acids is 1. The number of aliphatic hydroxyl groups is 2. The van der Waals surface area contributed by atoms with Crippen LogP contribution in [0.5, 0.6) is 0 Å². The van der Waals surface area contributed by atoms with Gasteiger partial charge in [-0.3, -0.25) is 0 Å². The fourth-order valence-electron chi connectivity index (χ4n) is 0.325. The Morgan fingerprint density at radius 2 is 2.11 bits per heavy atom. The van der Waals surface area contributed by atoms with Crippen molar-refractivity contribution in [3.8, 4) is 0 Å². The normalized spacial score (nSPS) is 16.8. The second-order valence-electron chi connectivity index (χ2n) is 2.05. The zero-order chi connectivity index (χ0) is 7.49. The smallest absolute Gasteiger partial charge is 0.335 e. The number of carboxylic acids is 1. The Kier molecular flexibility index (Phi) is 2.61. The molecule has 4 nitrogen and oxygen atoms in total. The second-order valence-corrected chi connectivity index (χ2v) is 2.05. The molecule has 0 rings (SSSR count). The molecule has 0 aromatic heterocycles. The summed E-state index contributed by atoms with van der Waals surface area (Å²) in [6, 6.07) is 0. The second kappa shape index (κ2) is 2.80. The molecule has 0 radical (unpaired) electrons. The summed E-state index contributed by atoms with van der Waals surface area (Å²) >= 11 is 0. The van der Waals surface area contributed by atoms with E-state index in [4.69, 9.17) is 15.3 Å². The van der Waals surface area contributed by atoms with Crippen LogP contribution in [0.2, 0.25) is 0 Å². The van der Waals surface area contributed by atoms with Crippen molar-refractivity contribution in [1.82, 2.24) is 0 Å². The van der Waals surface area contributed by atoms with Gasteiger partial charge in [0.2, 0.25) is 0 Å². The topological polar surface area (TPSA) is 77.8 Å². The van der Waals surface area contributed by atoms with Gasteiger partial charge in [-0.2, -0.15) is 0 Å². The van der Waals surface area contributed by atoms with E-state index in [0.29, 0.717) is 0 Å². The molecule has 0 aliphatic heterocycles. The fraction of sp³-hybridized carbons (Fsp3) is 0.800. The number of carbonyl (C=O) groups is 1. The molecule has 1 atom stereocenters. The van der Waals surface area contributed by atoms with Gasteiger partial charge in [0.05, 0.1) is 0 Å². The van der Waals surface area contributed by atoms with Gasteiger partial charge in [-0.1, -0.05) is 0 Å². The van der Waals surface area contributed by atoms with Gasteiger partial charge in [0, 0.05) is 13.0 Å². The molecule has 0 bridgehead atoms. The third-order valence-corrected chi connectivity index (χ3v) is 1.06. The standard InChI is InChI=1S/C5H10O4/c1-5(9,2-3-6)4(7)8/h6,9H,2-3H2,1H3,(H,7,8). The van der Waals surface area contributed by atoms with Gasteiger partial charge >= 0.3 is 5.97 Å². The number of aliphatic hydroxyl groups excluding tert-OH is 1. The summed E-state index contributed by atoms with van der Waals surface area (Å²) < 4.78 is 0. The van der Waals surface area contributed by atoms with Crippen molar-refractivity contribution in [2.24, 2.45) is 0 Å². The highest BCUT2D eigenvalue weighted by atomic mass is 16.4. The predicted octanol–water partition coefficient (Wildman–Crippen LogP) is -0.796. The van der Waals surface area contributed by atoms with E-state index in [1.54, 1.807) is 0 Å². The summed E-state index contributed by atoms with van der Waals surface area (Å²) in [7, 11) is 0. The number of rotatable bonds is 3. The zero-order valence-corrected chi connectivity index (χ0v) is 5.16. The Morgan fingerprint density at radius 1 is 1.67 bits per heavy atom. The molecule has 0 saturated heterocycles. The molecular formula is C5H10O4. The Balaban J connectivity index is 3.85. The van der Waals surface area contributed by atoms with Gasteiger partial charge in [-0.05, 0) is 6.92 Å². The maximum atomic E-state index is 10.0. The van der Waals surface area contributed by atoms with E-state index in [2.05, 4.69) is 0 Å². The highest BCUT2D eigenvalue weighted by molar-refractivity contribution is 5.76. The first-order chi connectivity index (χ1) is 4.00. The average molecular weight is 134 g/mol. The molecule has 0 aromatic rings. The summed E-state index contributed by atoms with van der Waals surface area (Å²) in [6.45, 7) is 0.824. The first-order valence-electron chi connectivity index (χ1n) is 2.57. The highest BCUT2D eigenvalue weighted by Gasteiger charge is 2.28. The van der Waals surface area contributed by atoms with Crippen LogP contribution in [0.3, 0.4) is 0 Å². The minimum absolute atomic E-state index is 0.137. The van der Waals surface area contributed by atoms with Crippen LogP contribution < -0.4 is 0 Å². The van der Waals surface area contributed by atoms with Crippen molar-refractivity contribution in [2.75, 3.05) is 6.61 Å². The van der Waals surface area contributed by atoms with Crippen LogP contribution >= 0.6 is 0 Å². The SMILES string of the molecule is CC(O)(CCO)C(=O)O. The van der Waals surface area contributed by atoms with E-state index >= 15 is 0 Å². The zero-order valence-electron chi connectivity index (χ0n) is 5.16. The van der Waals surface area contributed by atoms with Gasteiger partial charge in [0.1, 0.15) is 0 Å². The van der Waals surface area contributed by atoms with Crippen LogP contribution in [-0.2, 0) is 4.79 Å². The molecule has 1 unspecified atom stereocenters. The molecular weight excluding hydrogens is 124 g/mol. The van der Waals surface area contributed by atoms with Crippen LogP contribution in [0.15, 0.2) is 0 Å². The van der Waals surface area contributed by atoms with E-state index in [9.17, 15) is 4.79 Å². The molecule has 0 aliphatic carbocycles. The lowest BCUT2D eigenvalue weighted by molar-refractivity contribution is -0.157. The molecule has 9 heavy (non-hydrogen) atoms. The maximum absolute atomic E-state index is 10.0. The fourth-order valence-corrected chi connectivity index (χ4v) is 0.325. The van der Waals surface area contributed by atoms with Crippen molar-refractivity contribution < 1.29 is 20.1 Å². The van der Waals surface area contributed by atoms with E-state index in [1.165, 1.54) is 0 Å². The molecule has 0 heterocycles. The summed E-state index contributed by atoms with van der Waals surface area (Å²) in [4.78, 5) is 10.0. The van der Waals surface area contributed by atoms with Crippen LogP contribution in [0.25, 0.3) is 0 Å². The lowest BCUT2D eigenvalue weighted by atomic mass is 10.0. The Hall–Kier alpha value is -0.610. The first-order valence-corrected chi connectivity index (χ1v) is 2.57. The summed E-state index contributed by atoms with van der Waals surface area (Å²) in [5.41, 5.74) is -1.78. The number of hydrogen-bond donors (Lipinski definition) is 3. The quantitative estimate of drug-likeness (QED) is 0.472. The first kappa shape index (κ1) is 8.39. The largest absolute Gasteiger partial charge is 0.479 e. The minimum Gasteiger partial charge on any atom is -0.479 e. The molecule has 0 spiro atoms. The Bertz CT molecular complexity index is 108. The average Bonchev–Trinajstić information content (AvgIpc) is 1.65.